The van der Waals surface area contributed by atoms with E-state index in [1.165, 1.54) is 0 Å². The summed E-state index contributed by atoms with van der Waals surface area (Å²) in [6.07, 6.45) is 3.79. The summed E-state index contributed by atoms with van der Waals surface area (Å²) in [5.74, 6) is 2.82. The van der Waals surface area contributed by atoms with Gasteiger partial charge in [-0.1, -0.05) is 12.1 Å². The van der Waals surface area contributed by atoms with Gasteiger partial charge in [-0.3, -0.25) is 9.48 Å². The van der Waals surface area contributed by atoms with Crippen molar-refractivity contribution in [3.8, 4) is 16.9 Å². The summed E-state index contributed by atoms with van der Waals surface area (Å²) in [6, 6.07) is 7.74. The van der Waals surface area contributed by atoms with E-state index in [2.05, 4.69) is 5.10 Å². The molecule has 1 saturated heterocycles. The first-order valence-corrected chi connectivity index (χ1v) is 8.45. The van der Waals surface area contributed by atoms with Gasteiger partial charge in [0.05, 0.1) is 6.20 Å². The van der Waals surface area contributed by atoms with Crippen LogP contribution in [0.3, 0.4) is 0 Å². The minimum absolute atomic E-state index is 0.0663. The Hall–Kier alpha value is -1.95. The zero-order valence-electron chi connectivity index (χ0n) is 12.6. The molecule has 0 radical (unpaired) electrons. The zero-order chi connectivity index (χ0) is 15.4. The van der Waals surface area contributed by atoms with Crippen LogP contribution in [0.5, 0.6) is 5.75 Å². The largest absolute Gasteiger partial charge is 0.484 e. The molecule has 22 heavy (non-hydrogen) atoms. The lowest BCUT2D eigenvalue weighted by Gasteiger charge is -2.26. The first-order valence-electron chi connectivity index (χ1n) is 7.30. The molecule has 6 heteroatoms. The third kappa shape index (κ3) is 3.62. The SMILES string of the molecule is Cn1cc(-c2ccc(OCC(=O)N3CCSCC3)cc2)cn1. The van der Waals surface area contributed by atoms with E-state index >= 15 is 0 Å². The van der Waals surface area contributed by atoms with Gasteiger partial charge in [-0.25, -0.2) is 0 Å². The van der Waals surface area contributed by atoms with Crippen molar-refractivity contribution in [1.82, 2.24) is 14.7 Å². The van der Waals surface area contributed by atoms with Crippen molar-refractivity contribution in [1.29, 1.82) is 0 Å². The van der Waals surface area contributed by atoms with Gasteiger partial charge >= 0.3 is 0 Å². The Labute approximate surface area is 134 Å². The molecule has 0 bridgehead atoms. The second-order valence-corrected chi connectivity index (χ2v) is 6.43. The van der Waals surface area contributed by atoms with E-state index in [1.54, 1.807) is 4.68 Å². The number of aryl methyl sites for hydroxylation is 1. The smallest absolute Gasteiger partial charge is 0.260 e. The highest BCUT2D eigenvalue weighted by Crippen LogP contribution is 2.21. The normalized spacial score (nSPS) is 14.9. The number of hydrogen-bond acceptors (Lipinski definition) is 4. The molecular weight excluding hydrogens is 298 g/mol. The van der Waals surface area contributed by atoms with E-state index in [1.807, 2.05) is 60.4 Å². The number of thioether (sulfide) groups is 1. The number of nitrogens with zero attached hydrogens (tertiary/aromatic N) is 3. The topological polar surface area (TPSA) is 47.4 Å². The highest BCUT2D eigenvalue weighted by Gasteiger charge is 2.16. The van der Waals surface area contributed by atoms with Crippen molar-refractivity contribution in [3.63, 3.8) is 0 Å². The van der Waals surface area contributed by atoms with Crippen LogP contribution in [0.4, 0.5) is 0 Å². The number of aromatic nitrogens is 2. The number of carbonyl (C=O) groups is 1. The Morgan fingerprint density at radius 3 is 2.59 bits per heavy atom. The van der Waals surface area contributed by atoms with Crippen LogP contribution in [0.15, 0.2) is 36.7 Å². The molecule has 0 N–H and O–H groups in total. The van der Waals surface area contributed by atoms with Gasteiger partial charge in [0.2, 0.25) is 0 Å². The molecule has 1 aromatic heterocycles. The van der Waals surface area contributed by atoms with Gasteiger partial charge in [0.15, 0.2) is 6.61 Å². The Balaban J connectivity index is 1.56. The fourth-order valence-corrected chi connectivity index (χ4v) is 3.27. The fraction of sp³-hybridized carbons (Fsp3) is 0.375. The molecule has 0 spiro atoms. The molecule has 3 rings (SSSR count). The van der Waals surface area contributed by atoms with Crippen LogP contribution < -0.4 is 4.74 Å². The van der Waals surface area contributed by atoms with Gasteiger partial charge in [-0.15, -0.1) is 0 Å². The first kappa shape index (κ1) is 15.0. The molecule has 5 nitrogen and oxygen atoms in total. The predicted octanol–water partition coefficient (Wildman–Crippen LogP) is 2.04. The van der Waals surface area contributed by atoms with Gasteiger partial charge in [0.1, 0.15) is 5.75 Å². The van der Waals surface area contributed by atoms with Crippen LogP contribution in [-0.4, -0.2) is 51.8 Å². The van der Waals surface area contributed by atoms with Crippen molar-refractivity contribution in [2.24, 2.45) is 7.05 Å². The maximum Gasteiger partial charge on any atom is 0.260 e. The summed E-state index contributed by atoms with van der Waals surface area (Å²) in [6.45, 7) is 1.76. The standard InChI is InChI=1S/C16H19N3O2S/c1-18-11-14(10-17-18)13-2-4-15(5-3-13)21-12-16(20)19-6-8-22-9-7-19/h2-5,10-11H,6-9,12H2,1H3. The van der Waals surface area contributed by atoms with Crippen LogP contribution >= 0.6 is 11.8 Å². The molecule has 2 aromatic rings. The molecular formula is C16H19N3O2S. The molecule has 2 heterocycles. The number of carbonyl (C=O) groups excluding carboxylic acids is 1. The summed E-state index contributed by atoms with van der Waals surface area (Å²) in [5.41, 5.74) is 2.15. The van der Waals surface area contributed by atoms with Crippen molar-refractivity contribution >= 4 is 17.7 Å². The molecule has 0 aliphatic carbocycles. The highest BCUT2D eigenvalue weighted by atomic mass is 32.2. The molecule has 1 aliphatic rings. The fourth-order valence-electron chi connectivity index (χ4n) is 2.36. The number of ether oxygens (including phenoxy) is 1. The predicted molar refractivity (Wildman–Crippen MR) is 88.0 cm³/mol. The van der Waals surface area contributed by atoms with Gasteiger partial charge in [0, 0.05) is 43.4 Å². The van der Waals surface area contributed by atoms with E-state index in [9.17, 15) is 4.79 Å². The Morgan fingerprint density at radius 1 is 1.23 bits per heavy atom. The van der Waals surface area contributed by atoms with Crippen molar-refractivity contribution in [2.45, 2.75) is 0 Å². The third-order valence-electron chi connectivity index (χ3n) is 3.62. The molecule has 0 saturated carbocycles. The molecule has 116 valence electrons. The molecule has 1 aromatic carbocycles. The number of amides is 1. The molecule has 0 atom stereocenters. The van der Waals surface area contributed by atoms with Crippen molar-refractivity contribution in [3.05, 3.63) is 36.7 Å². The molecule has 1 amide bonds. The maximum absolute atomic E-state index is 12.0. The summed E-state index contributed by atoms with van der Waals surface area (Å²) >= 11 is 1.89. The van der Waals surface area contributed by atoms with E-state index in [-0.39, 0.29) is 12.5 Å². The zero-order valence-corrected chi connectivity index (χ0v) is 13.4. The maximum atomic E-state index is 12.0. The third-order valence-corrected chi connectivity index (χ3v) is 4.56. The summed E-state index contributed by atoms with van der Waals surface area (Å²) in [4.78, 5) is 13.9. The Morgan fingerprint density at radius 2 is 1.95 bits per heavy atom. The van der Waals surface area contributed by atoms with Crippen LogP contribution in [0.25, 0.3) is 11.1 Å². The van der Waals surface area contributed by atoms with Crippen LogP contribution in [-0.2, 0) is 11.8 Å². The first-order chi connectivity index (χ1) is 10.7. The lowest BCUT2D eigenvalue weighted by molar-refractivity contribution is -0.132. The lowest BCUT2D eigenvalue weighted by atomic mass is 10.1. The summed E-state index contributed by atoms with van der Waals surface area (Å²) in [5, 5.41) is 4.16. The van der Waals surface area contributed by atoms with Crippen molar-refractivity contribution < 1.29 is 9.53 Å². The minimum Gasteiger partial charge on any atom is -0.484 e. The number of hydrogen-bond donors (Lipinski definition) is 0. The Bertz CT molecular complexity index is 633. The lowest BCUT2D eigenvalue weighted by Crippen LogP contribution is -2.40. The second kappa shape index (κ2) is 6.87. The molecule has 1 aliphatic heterocycles. The highest BCUT2D eigenvalue weighted by molar-refractivity contribution is 7.99. The number of rotatable bonds is 4. The molecule has 0 unspecified atom stereocenters. The Kier molecular flexibility index (Phi) is 4.68. The van der Waals surface area contributed by atoms with Crippen molar-refractivity contribution in [2.75, 3.05) is 31.2 Å². The monoisotopic (exact) mass is 317 g/mol. The van der Waals surface area contributed by atoms with Crippen LogP contribution in [0.1, 0.15) is 0 Å². The number of benzene rings is 1. The van der Waals surface area contributed by atoms with Gasteiger partial charge < -0.3 is 9.64 Å². The average Bonchev–Trinajstić information content (AvgIpc) is 3.00. The van der Waals surface area contributed by atoms with Crippen LogP contribution in [0, 0.1) is 0 Å². The van der Waals surface area contributed by atoms with Gasteiger partial charge in [0.25, 0.3) is 5.91 Å². The molecule has 1 fully saturated rings. The average molecular weight is 317 g/mol. The summed E-state index contributed by atoms with van der Waals surface area (Å²) < 4.78 is 7.37. The second-order valence-electron chi connectivity index (χ2n) is 5.21. The van der Waals surface area contributed by atoms with E-state index in [4.69, 9.17) is 4.74 Å². The summed E-state index contributed by atoms with van der Waals surface area (Å²) in [7, 11) is 1.89. The van der Waals surface area contributed by atoms with Crippen LogP contribution in [0.2, 0.25) is 0 Å². The minimum atomic E-state index is 0.0663. The van der Waals surface area contributed by atoms with Gasteiger partial charge in [-0.2, -0.15) is 16.9 Å². The van der Waals surface area contributed by atoms with E-state index in [0.717, 1.165) is 35.7 Å². The van der Waals surface area contributed by atoms with E-state index in [0.29, 0.717) is 5.75 Å². The van der Waals surface area contributed by atoms with Gasteiger partial charge in [-0.05, 0) is 17.7 Å². The quantitative estimate of drug-likeness (QED) is 0.866. The van der Waals surface area contributed by atoms with E-state index < -0.39 is 0 Å².